The number of carbonyl (C=O) groups excluding carboxylic acids is 2. The maximum atomic E-state index is 12.7. The molecule has 0 spiro atoms. The van der Waals surface area contributed by atoms with E-state index in [9.17, 15) is 14.4 Å². The molecule has 0 aliphatic rings. The molecule has 0 N–H and O–H groups in total. The van der Waals surface area contributed by atoms with Crippen molar-refractivity contribution in [3.8, 4) is 0 Å². The molecule has 2 aromatic heterocycles. The third-order valence-corrected chi connectivity index (χ3v) is 5.35. The van der Waals surface area contributed by atoms with Crippen molar-refractivity contribution >= 4 is 33.5 Å². The minimum atomic E-state index is -0.516. The van der Waals surface area contributed by atoms with Crippen LogP contribution in [-0.4, -0.2) is 34.7 Å². The normalized spacial score (nSPS) is 10.8. The number of ether oxygens (including phenoxy) is 2. The van der Waals surface area contributed by atoms with Gasteiger partial charge in [-0.2, -0.15) is 0 Å². The third-order valence-electron chi connectivity index (χ3n) is 4.17. The summed E-state index contributed by atoms with van der Waals surface area (Å²) in [7, 11) is 0. The number of hydrogen-bond acceptors (Lipinski definition) is 7. The highest BCUT2D eigenvalue weighted by molar-refractivity contribution is 7.20. The highest BCUT2D eigenvalue weighted by atomic mass is 32.1. The molecule has 146 valence electrons. The van der Waals surface area contributed by atoms with Gasteiger partial charge < -0.3 is 9.47 Å². The molecule has 0 amide bonds. The van der Waals surface area contributed by atoms with Crippen LogP contribution in [0.1, 0.15) is 27.7 Å². The van der Waals surface area contributed by atoms with E-state index in [0.717, 1.165) is 16.9 Å². The molecule has 3 rings (SSSR count). The van der Waals surface area contributed by atoms with E-state index >= 15 is 0 Å². The molecule has 0 saturated carbocycles. The van der Waals surface area contributed by atoms with E-state index < -0.39 is 11.9 Å². The number of fused-ring (bicyclic) bond motifs is 1. The maximum absolute atomic E-state index is 12.7. The van der Waals surface area contributed by atoms with Gasteiger partial charge in [0.15, 0.2) is 0 Å². The van der Waals surface area contributed by atoms with Crippen molar-refractivity contribution in [1.82, 2.24) is 9.55 Å². The lowest BCUT2D eigenvalue weighted by molar-refractivity contribution is -0.144. The lowest BCUT2D eigenvalue weighted by atomic mass is 10.2. The van der Waals surface area contributed by atoms with Crippen LogP contribution >= 0.6 is 11.3 Å². The summed E-state index contributed by atoms with van der Waals surface area (Å²) in [5.41, 5.74) is 1.20. The number of thiophene rings is 1. The van der Waals surface area contributed by atoms with Gasteiger partial charge in [-0.25, -0.2) is 9.78 Å². The van der Waals surface area contributed by atoms with E-state index in [-0.39, 0.29) is 25.3 Å². The van der Waals surface area contributed by atoms with Crippen molar-refractivity contribution < 1.29 is 19.1 Å². The summed E-state index contributed by atoms with van der Waals surface area (Å²) in [4.78, 5) is 41.9. The Labute approximate surface area is 165 Å². The van der Waals surface area contributed by atoms with Crippen LogP contribution in [0.3, 0.4) is 0 Å². The molecule has 0 unspecified atom stereocenters. The first kappa shape index (κ1) is 19.8. The number of nitrogens with zero attached hydrogens (tertiary/aromatic N) is 2. The topological polar surface area (TPSA) is 87.5 Å². The SMILES string of the molecule is CCOC(=O)c1sc2ncn(CC(=O)OCCc3ccccc3)c(=O)c2c1C. The van der Waals surface area contributed by atoms with Crippen molar-refractivity contribution in [2.45, 2.75) is 26.8 Å². The molecule has 0 aliphatic heterocycles. The standard InChI is InChI=1S/C20H20N2O5S/c1-3-26-20(25)17-13(2)16-18(28-17)21-12-22(19(16)24)11-15(23)27-10-9-14-7-5-4-6-8-14/h4-8,12H,3,9-11H2,1-2H3. The molecular formula is C20H20N2O5S. The van der Waals surface area contributed by atoms with Crippen molar-refractivity contribution in [2.24, 2.45) is 0 Å². The Kier molecular flexibility index (Phi) is 6.20. The van der Waals surface area contributed by atoms with E-state index in [4.69, 9.17) is 9.47 Å². The Bertz CT molecular complexity index is 1060. The van der Waals surface area contributed by atoms with Crippen LogP contribution in [0, 0.1) is 6.92 Å². The minimum absolute atomic E-state index is 0.234. The molecule has 0 saturated heterocycles. The number of rotatable bonds is 7. The van der Waals surface area contributed by atoms with E-state index in [1.165, 1.54) is 10.9 Å². The third kappa shape index (κ3) is 4.28. The lowest BCUT2D eigenvalue weighted by Crippen LogP contribution is -2.26. The number of benzene rings is 1. The molecule has 0 fully saturated rings. The number of carbonyl (C=O) groups is 2. The average Bonchev–Trinajstić information content (AvgIpc) is 3.02. The Balaban J connectivity index is 1.72. The number of aromatic nitrogens is 2. The van der Waals surface area contributed by atoms with E-state index in [2.05, 4.69) is 4.98 Å². The molecule has 0 radical (unpaired) electrons. The molecular weight excluding hydrogens is 380 g/mol. The van der Waals surface area contributed by atoms with Gasteiger partial charge in [0.1, 0.15) is 16.3 Å². The second-order valence-electron chi connectivity index (χ2n) is 6.09. The van der Waals surface area contributed by atoms with Crippen molar-refractivity contribution in [1.29, 1.82) is 0 Å². The molecule has 2 heterocycles. The zero-order chi connectivity index (χ0) is 20.1. The van der Waals surface area contributed by atoms with Crippen LogP contribution in [-0.2, 0) is 27.2 Å². The van der Waals surface area contributed by atoms with Crippen LogP contribution in [0.25, 0.3) is 10.2 Å². The first-order valence-corrected chi connectivity index (χ1v) is 9.68. The summed E-state index contributed by atoms with van der Waals surface area (Å²) in [6.07, 6.45) is 1.90. The smallest absolute Gasteiger partial charge is 0.348 e. The van der Waals surface area contributed by atoms with Gasteiger partial charge in [-0.15, -0.1) is 11.3 Å². The van der Waals surface area contributed by atoms with Crippen LogP contribution in [0.15, 0.2) is 41.5 Å². The van der Waals surface area contributed by atoms with Crippen LogP contribution in [0.5, 0.6) is 0 Å². The highest BCUT2D eigenvalue weighted by Crippen LogP contribution is 2.27. The second kappa shape index (κ2) is 8.79. The zero-order valence-corrected chi connectivity index (χ0v) is 16.5. The van der Waals surface area contributed by atoms with Crippen LogP contribution < -0.4 is 5.56 Å². The van der Waals surface area contributed by atoms with E-state index in [1.807, 2.05) is 30.3 Å². The van der Waals surface area contributed by atoms with Gasteiger partial charge in [-0.05, 0) is 25.0 Å². The van der Waals surface area contributed by atoms with Crippen LogP contribution in [0.2, 0.25) is 0 Å². The Hall–Kier alpha value is -3.00. The number of esters is 2. The van der Waals surface area contributed by atoms with Gasteiger partial charge in [0.05, 0.1) is 24.9 Å². The summed E-state index contributed by atoms with van der Waals surface area (Å²) in [5.74, 6) is -0.994. The first-order chi connectivity index (χ1) is 13.5. The fraction of sp³-hybridized carbons (Fsp3) is 0.300. The molecule has 0 atom stereocenters. The predicted molar refractivity (Wildman–Crippen MR) is 106 cm³/mol. The first-order valence-electron chi connectivity index (χ1n) is 8.86. The minimum Gasteiger partial charge on any atom is -0.464 e. The largest absolute Gasteiger partial charge is 0.464 e. The average molecular weight is 400 g/mol. The van der Waals surface area contributed by atoms with Crippen molar-refractivity contribution in [3.05, 3.63) is 63.0 Å². The fourth-order valence-electron chi connectivity index (χ4n) is 2.78. The monoisotopic (exact) mass is 400 g/mol. The maximum Gasteiger partial charge on any atom is 0.348 e. The lowest BCUT2D eigenvalue weighted by Gasteiger charge is -2.07. The molecule has 1 aromatic carbocycles. The van der Waals surface area contributed by atoms with E-state index in [0.29, 0.717) is 27.1 Å². The van der Waals surface area contributed by atoms with E-state index in [1.54, 1.807) is 13.8 Å². The van der Waals surface area contributed by atoms with Gasteiger partial charge in [0.2, 0.25) is 0 Å². The fourth-order valence-corrected chi connectivity index (χ4v) is 3.81. The summed E-state index contributed by atoms with van der Waals surface area (Å²) >= 11 is 1.11. The molecule has 0 bridgehead atoms. The second-order valence-corrected chi connectivity index (χ2v) is 7.09. The van der Waals surface area contributed by atoms with Gasteiger partial charge in [-0.3, -0.25) is 14.2 Å². The number of hydrogen-bond donors (Lipinski definition) is 0. The van der Waals surface area contributed by atoms with Gasteiger partial charge in [0.25, 0.3) is 5.56 Å². The highest BCUT2D eigenvalue weighted by Gasteiger charge is 2.20. The zero-order valence-electron chi connectivity index (χ0n) is 15.6. The molecule has 3 aromatic rings. The quantitative estimate of drug-likeness (QED) is 0.567. The molecule has 0 aliphatic carbocycles. The summed E-state index contributed by atoms with van der Waals surface area (Å²) in [5, 5.41) is 0.327. The Morgan fingerprint density at radius 2 is 1.93 bits per heavy atom. The molecule has 7 nitrogen and oxygen atoms in total. The van der Waals surface area contributed by atoms with Gasteiger partial charge in [0, 0.05) is 6.42 Å². The van der Waals surface area contributed by atoms with Crippen LogP contribution in [0.4, 0.5) is 0 Å². The Morgan fingerprint density at radius 3 is 2.64 bits per heavy atom. The van der Waals surface area contributed by atoms with Crippen molar-refractivity contribution in [3.63, 3.8) is 0 Å². The van der Waals surface area contributed by atoms with Gasteiger partial charge >= 0.3 is 11.9 Å². The molecule has 28 heavy (non-hydrogen) atoms. The Morgan fingerprint density at radius 1 is 1.18 bits per heavy atom. The van der Waals surface area contributed by atoms with Gasteiger partial charge in [-0.1, -0.05) is 30.3 Å². The predicted octanol–water partition coefficient (Wildman–Crippen LogP) is 2.73. The number of aryl methyl sites for hydroxylation is 1. The summed E-state index contributed by atoms with van der Waals surface area (Å²) in [6.45, 7) is 3.64. The van der Waals surface area contributed by atoms with Crippen molar-refractivity contribution in [2.75, 3.05) is 13.2 Å². The summed E-state index contributed by atoms with van der Waals surface area (Å²) < 4.78 is 11.4. The summed E-state index contributed by atoms with van der Waals surface area (Å²) in [6, 6.07) is 9.68. The molecule has 8 heteroatoms.